The molecular formula is C19H15NO2S. The quantitative estimate of drug-likeness (QED) is 0.661. The van der Waals surface area contributed by atoms with Crippen LogP contribution in [0.15, 0.2) is 77.7 Å². The molecule has 3 nitrogen and oxygen atoms in total. The number of para-hydroxylation sites is 2. The zero-order chi connectivity index (χ0) is 16.0. The molecule has 0 saturated carbocycles. The molecule has 0 spiro atoms. The van der Waals surface area contributed by atoms with Gasteiger partial charge in [-0.2, -0.15) is 0 Å². The lowest BCUT2D eigenvalue weighted by Crippen LogP contribution is -2.30. The Kier molecular flexibility index (Phi) is 3.03. The van der Waals surface area contributed by atoms with Crippen LogP contribution in [0.25, 0.3) is 11.1 Å². The van der Waals surface area contributed by atoms with Gasteiger partial charge in [0, 0.05) is 11.1 Å². The third kappa shape index (κ3) is 2.06. The predicted molar refractivity (Wildman–Crippen MR) is 92.4 cm³/mol. The summed E-state index contributed by atoms with van der Waals surface area (Å²) in [5.41, 5.74) is 4.09. The van der Waals surface area contributed by atoms with Gasteiger partial charge in [-0.15, -0.1) is 0 Å². The van der Waals surface area contributed by atoms with E-state index in [2.05, 4.69) is 0 Å². The van der Waals surface area contributed by atoms with Gasteiger partial charge in [-0.25, -0.2) is 12.7 Å². The predicted octanol–water partition coefficient (Wildman–Crippen LogP) is 4.50. The summed E-state index contributed by atoms with van der Waals surface area (Å²) < 4.78 is 27.8. The largest absolute Gasteiger partial charge is 0.269 e. The molecule has 0 N–H and O–H groups in total. The number of hydrogen-bond acceptors (Lipinski definition) is 2. The van der Waals surface area contributed by atoms with Crippen LogP contribution in [0, 0.1) is 6.92 Å². The topological polar surface area (TPSA) is 37.4 Å². The molecule has 0 aromatic heterocycles. The Morgan fingerprint density at radius 3 is 2.26 bits per heavy atom. The van der Waals surface area contributed by atoms with Gasteiger partial charge in [0.25, 0.3) is 10.0 Å². The fraction of sp³-hybridized carbons (Fsp3) is 0.0526. The molecule has 0 amide bonds. The van der Waals surface area contributed by atoms with Crippen LogP contribution in [0.4, 0.5) is 11.4 Å². The molecular weight excluding hydrogens is 306 g/mol. The lowest BCUT2D eigenvalue weighted by molar-refractivity contribution is 0.596. The Morgan fingerprint density at radius 1 is 0.783 bits per heavy atom. The summed E-state index contributed by atoms with van der Waals surface area (Å²) >= 11 is 0. The van der Waals surface area contributed by atoms with Crippen molar-refractivity contribution in [2.45, 2.75) is 11.8 Å². The van der Waals surface area contributed by atoms with Gasteiger partial charge in [-0.3, -0.25) is 0 Å². The van der Waals surface area contributed by atoms with Gasteiger partial charge >= 0.3 is 0 Å². The minimum absolute atomic E-state index is 0.352. The van der Waals surface area contributed by atoms with Crippen LogP contribution < -0.4 is 4.31 Å². The molecule has 0 fully saturated rings. The second-order valence-electron chi connectivity index (χ2n) is 5.62. The van der Waals surface area contributed by atoms with Gasteiger partial charge < -0.3 is 0 Å². The number of anilines is 2. The molecule has 1 aliphatic rings. The van der Waals surface area contributed by atoms with Gasteiger partial charge in [0.15, 0.2) is 0 Å². The SMILES string of the molecule is Cc1ccc2c(c1)-c1ccccc1N(c1ccccc1)S2(=O)=O. The number of benzene rings is 3. The molecule has 4 heteroatoms. The van der Waals surface area contributed by atoms with E-state index in [4.69, 9.17) is 0 Å². The van der Waals surface area contributed by atoms with E-state index >= 15 is 0 Å². The van der Waals surface area contributed by atoms with Crippen molar-refractivity contribution in [1.82, 2.24) is 0 Å². The lowest BCUT2D eigenvalue weighted by Gasteiger charge is -2.32. The third-order valence-corrected chi connectivity index (χ3v) is 5.86. The van der Waals surface area contributed by atoms with Gasteiger partial charge in [-0.1, -0.05) is 48.0 Å². The Hall–Kier alpha value is -2.59. The van der Waals surface area contributed by atoms with Crippen LogP contribution in [0.2, 0.25) is 0 Å². The maximum atomic E-state index is 13.2. The average molecular weight is 321 g/mol. The normalized spacial score (nSPS) is 14.9. The first-order valence-electron chi connectivity index (χ1n) is 7.39. The number of aryl methyl sites for hydroxylation is 1. The molecule has 0 aliphatic carbocycles. The molecule has 0 unspecified atom stereocenters. The van der Waals surface area contributed by atoms with Gasteiger partial charge in [0.05, 0.1) is 16.3 Å². The minimum atomic E-state index is -3.63. The smallest absolute Gasteiger partial charge is 0.234 e. The average Bonchev–Trinajstić information content (AvgIpc) is 2.55. The highest BCUT2D eigenvalue weighted by Crippen LogP contribution is 2.46. The molecule has 0 atom stereocenters. The van der Waals surface area contributed by atoms with Crippen molar-refractivity contribution < 1.29 is 8.42 Å². The van der Waals surface area contributed by atoms with E-state index < -0.39 is 10.0 Å². The summed E-state index contributed by atoms with van der Waals surface area (Å²) in [6.07, 6.45) is 0. The van der Waals surface area contributed by atoms with Crippen LogP contribution in [0.1, 0.15) is 5.56 Å². The number of hydrogen-bond donors (Lipinski definition) is 0. The Morgan fingerprint density at radius 2 is 1.48 bits per heavy atom. The van der Waals surface area contributed by atoms with E-state index in [1.54, 1.807) is 6.07 Å². The molecule has 3 aromatic carbocycles. The van der Waals surface area contributed by atoms with Crippen molar-refractivity contribution in [3.8, 4) is 11.1 Å². The van der Waals surface area contributed by atoms with Crippen LogP contribution in [-0.2, 0) is 10.0 Å². The monoisotopic (exact) mass is 321 g/mol. The Labute approximate surface area is 135 Å². The molecule has 3 aromatic rings. The van der Waals surface area contributed by atoms with E-state index in [9.17, 15) is 8.42 Å². The molecule has 1 heterocycles. The van der Waals surface area contributed by atoms with Crippen LogP contribution in [-0.4, -0.2) is 8.42 Å². The Balaban J connectivity index is 2.09. The first-order valence-corrected chi connectivity index (χ1v) is 8.83. The van der Waals surface area contributed by atoms with Gasteiger partial charge in [0.1, 0.15) is 0 Å². The van der Waals surface area contributed by atoms with Crippen LogP contribution in [0.3, 0.4) is 0 Å². The van der Waals surface area contributed by atoms with E-state index in [1.165, 1.54) is 4.31 Å². The third-order valence-electron chi connectivity index (χ3n) is 4.06. The van der Waals surface area contributed by atoms with Crippen LogP contribution >= 0.6 is 0 Å². The number of rotatable bonds is 1. The first-order chi connectivity index (χ1) is 11.1. The van der Waals surface area contributed by atoms with Crippen molar-refractivity contribution in [1.29, 1.82) is 0 Å². The highest BCUT2D eigenvalue weighted by atomic mass is 32.2. The second-order valence-corrected chi connectivity index (χ2v) is 7.38. The summed E-state index contributed by atoms with van der Waals surface area (Å²) in [6, 6.07) is 22.3. The van der Waals surface area contributed by atoms with Crippen molar-refractivity contribution in [2.24, 2.45) is 0 Å². The molecule has 4 rings (SSSR count). The van der Waals surface area contributed by atoms with E-state index in [0.717, 1.165) is 16.7 Å². The van der Waals surface area contributed by atoms with E-state index in [-0.39, 0.29) is 0 Å². The van der Waals surface area contributed by atoms with E-state index in [0.29, 0.717) is 16.3 Å². The van der Waals surface area contributed by atoms with Gasteiger partial charge in [0.2, 0.25) is 0 Å². The van der Waals surface area contributed by atoms with Crippen LogP contribution in [0.5, 0.6) is 0 Å². The van der Waals surface area contributed by atoms with Crippen molar-refractivity contribution >= 4 is 21.4 Å². The minimum Gasteiger partial charge on any atom is -0.234 e. The molecule has 1 aliphatic heterocycles. The molecule has 23 heavy (non-hydrogen) atoms. The Bertz CT molecular complexity index is 995. The summed E-state index contributed by atoms with van der Waals surface area (Å²) in [7, 11) is -3.63. The molecule has 0 saturated heterocycles. The molecule has 0 bridgehead atoms. The highest BCUT2D eigenvalue weighted by Gasteiger charge is 2.35. The summed E-state index contributed by atoms with van der Waals surface area (Å²) in [5.74, 6) is 0. The van der Waals surface area contributed by atoms with Crippen molar-refractivity contribution in [2.75, 3.05) is 4.31 Å². The van der Waals surface area contributed by atoms with Crippen molar-refractivity contribution in [3.63, 3.8) is 0 Å². The molecule has 0 radical (unpaired) electrons. The maximum Gasteiger partial charge on any atom is 0.269 e. The fourth-order valence-electron chi connectivity index (χ4n) is 3.03. The summed E-state index contributed by atoms with van der Waals surface area (Å²) in [6.45, 7) is 1.97. The number of fused-ring (bicyclic) bond motifs is 3. The standard InChI is InChI=1S/C19H15NO2S/c1-14-11-12-19-17(13-14)16-9-5-6-10-18(16)20(23(19,21)22)15-7-3-2-4-8-15/h2-13H,1H3. The highest BCUT2D eigenvalue weighted by molar-refractivity contribution is 7.93. The fourth-order valence-corrected chi connectivity index (χ4v) is 4.73. The summed E-state index contributed by atoms with van der Waals surface area (Å²) in [5, 5.41) is 0. The zero-order valence-corrected chi connectivity index (χ0v) is 13.4. The first kappa shape index (κ1) is 14.0. The van der Waals surface area contributed by atoms with Crippen molar-refractivity contribution in [3.05, 3.63) is 78.4 Å². The number of sulfonamides is 1. The molecule has 114 valence electrons. The maximum absolute atomic E-state index is 13.2. The number of nitrogens with zero attached hydrogens (tertiary/aromatic N) is 1. The summed E-state index contributed by atoms with van der Waals surface area (Å²) in [4.78, 5) is 0.352. The lowest BCUT2D eigenvalue weighted by atomic mass is 10.0. The second kappa shape index (κ2) is 4.96. The van der Waals surface area contributed by atoms with Gasteiger partial charge in [-0.05, 0) is 37.3 Å². The zero-order valence-electron chi connectivity index (χ0n) is 12.6. The van der Waals surface area contributed by atoms with E-state index in [1.807, 2.05) is 73.7 Å².